The van der Waals surface area contributed by atoms with Crippen LogP contribution in [0.4, 0.5) is 0 Å². The van der Waals surface area contributed by atoms with Crippen LogP contribution in [0, 0.1) is 0 Å². The molecule has 0 atom stereocenters. The summed E-state index contributed by atoms with van der Waals surface area (Å²) in [6.07, 6.45) is 4.97. The van der Waals surface area contributed by atoms with Gasteiger partial charge in [0, 0.05) is 89.6 Å². The van der Waals surface area contributed by atoms with Gasteiger partial charge in [-0.1, -0.05) is 402 Å². The predicted molar refractivity (Wildman–Crippen MR) is 631 cm³/mol. The van der Waals surface area contributed by atoms with Crippen LogP contribution < -0.4 is 90.2 Å². The number of ether oxygens (including phenoxy) is 2. The molecule has 0 radical (unpaired) electrons. The van der Waals surface area contributed by atoms with Crippen molar-refractivity contribution in [1.29, 1.82) is 0 Å². The number of fused-ring (bicyclic) bond motifs is 4. The van der Waals surface area contributed by atoms with Crippen LogP contribution in [0.1, 0.15) is 33.1 Å². The molecule has 1 N–H and O–H groups in total. The van der Waals surface area contributed by atoms with Crippen molar-refractivity contribution in [1.82, 2.24) is 5.32 Å². The van der Waals surface area contributed by atoms with E-state index in [0.717, 1.165) is 19.4 Å². The third kappa shape index (κ3) is 24.7. The van der Waals surface area contributed by atoms with Crippen LogP contribution in [0.2, 0.25) is 18.1 Å². The Morgan fingerprint density at radius 1 is 0.197 bits per heavy atom. The zero-order valence-electron chi connectivity index (χ0n) is 81.0. The third-order valence-corrected chi connectivity index (χ3v) is 45.0. The highest BCUT2D eigenvalue weighted by Gasteiger charge is 2.53. The lowest BCUT2D eigenvalue weighted by molar-refractivity contribution is 0.199. The molecular formula is C126H133NO2P4Si4+4. The first-order valence-electron chi connectivity index (χ1n) is 48.6. The average Bonchev–Trinajstić information content (AvgIpc) is 0.739. The van der Waals surface area contributed by atoms with E-state index in [9.17, 15) is 0 Å². The molecule has 20 aromatic carbocycles. The Labute approximate surface area is 831 Å². The van der Waals surface area contributed by atoms with E-state index in [1.165, 1.54) is 213 Å². The zero-order valence-corrected chi connectivity index (χ0v) is 92.6. The highest BCUT2D eigenvalue weighted by atomic mass is 31.2. The van der Waals surface area contributed by atoms with Crippen molar-refractivity contribution in [2.45, 2.75) is 51.2 Å². The zero-order chi connectivity index (χ0) is 95.3. The van der Waals surface area contributed by atoms with Crippen molar-refractivity contribution in [2.75, 3.05) is 40.1 Å². The number of hydrogen-bond donors (Lipinski definition) is 1. The summed E-state index contributed by atoms with van der Waals surface area (Å²) in [5.41, 5.74) is 0. The summed E-state index contributed by atoms with van der Waals surface area (Å²) in [7, 11) is 0.504. The molecule has 0 saturated heterocycles. The quantitative estimate of drug-likeness (QED) is 0.0351. The average molecular weight is 1930 g/mol. The molecule has 0 aliphatic carbocycles. The summed E-state index contributed by atoms with van der Waals surface area (Å²) in [4.78, 5) is 0. The van der Waals surface area contributed by atoms with Gasteiger partial charge in [0.05, 0.1) is 0 Å². The summed E-state index contributed by atoms with van der Waals surface area (Å²) in [5.74, 6) is 0. The molecule has 137 heavy (non-hydrogen) atoms. The van der Waals surface area contributed by atoms with Gasteiger partial charge in [0.1, 0.15) is 114 Å². The maximum atomic E-state index is 4.80. The second-order valence-corrected chi connectivity index (χ2v) is 50.4. The lowest BCUT2D eigenvalue weighted by atomic mass is 10.1. The first-order chi connectivity index (χ1) is 67.8. The van der Waals surface area contributed by atoms with E-state index < -0.39 is 29.0 Å². The Bertz CT molecular complexity index is 5610. The number of rotatable bonds is 25. The van der Waals surface area contributed by atoms with Gasteiger partial charge in [-0.3, -0.25) is 0 Å². The summed E-state index contributed by atoms with van der Waals surface area (Å²) in [5, 5.41) is 36.0. The molecule has 0 spiro atoms. The summed E-state index contributed by atoms with van der Waals surface area (Å²) in [6.45, 7) is 7.66. The van der Waals surface area contributed by atoms with Gasteiger partial charge in [-0.25, -0.2) is 0 Å². The number of methoxy groups -OCH3 is 2. The van der Waals surface area contributed by atoms with Gasteiger partial charge >= 0.3 is 0 Å². The smallest absolute Gasteiger partial charge is 0.144 e. The van der Waals surface area contributed by atoms with E-state index >= 15 is 0 Å². The van der Waals surface area contributed by atoms with Gasteiger partial charge in [0.15, 0.2) is 0 Å². The molecule has 0 fully saturated rings. The summed E-state index contributed by atoms with van der Waals surface area (Å²) < 4.78 is 9.41. The van der Waals surface area contributed by atoms with Gasteiger partial charge in [-0.05, 0) is 217 Å². The molecule has 11 heteroatoms. The normalized spacial score (nSPS) is 11.1. The van der Waals surface area contributed by atoms with Crippen molar-refractivity contribution in [3.05, 3.63) is 534 Å². The van der Waals surface area contributed by atoms with Crippen LogP contribution in [0.15, 0.2) is 534 Å². The maximum absolute atomic E-state index is 4.80. The van der Waals surface area contributed by atoms with E-state index in [2.05, 4.69) is 558 Å². The molecule has 686 valence electrons. The molecule has 0 aliphatic rings. The van der Waals surface area contributed by atoms with Gasteiger partial charge in [0.25, 0.3) is 0 Å². The second-order valence-electron chi connectivity index (χ2n) is 33.3. The molecule has 20 aromatic rings. The molecule has 0 saturated carbocycles. The molecule has 20 rings (SSSR count). The molecule has 0 bridgehead atoms. The molecule has 0 unspecified atom stereocenters. The van der Waals surface area contributed by atoms with Crippen molar-refractivity contribution < 1.29 is 9.47 Å². The summed E-state index contributed by atoms with van der Waals surface area (Å²) >= 11 is 0. The Morgan fingerprint density at radius 3 is 0.496 bits per heavy atom. The molecule has 0 aromatic heterocycles. The lowest BCUT2D eigenvalue weighted by Crippen LogP contribution is -2.38. The first kappa shape index (κ1) is 102. The SMILES string of the molecule is CCC[SiH3].CCNCCC[SiH3].COCCC[SiH3].COC[SiH3].c1ccc([P+](c2ccccc2)(c2ccccc2)c2cccc3ccccc23)cc1.c1ccc([P+](c2ccccc2)(c2ccccc2)c2cccc3ccccc23)cc1.c1ccc([P+](c2ccccc2)(c2ccccc2)c2cccc3ccccc23)cc1.c1ccc([P+](c2ccccc2)(c2ccccc2)c2cccc3ccccc23)cc1. The minimum atomic E-state index is -2.05. The number of hydrogen-bond acceptors (Lipinski definition) is 3. The Balaban J connectivity index is 0.000000144. The minimum absolute atomic E-state index is 0.948. The fraction of sp³-hybridized carbons (Fsp3) is 0.111. The minimum Gasteiger partial charge on any atom is -0.389 e. The topological polar surface area (TPSA) is 30.5 Å². The molecule has 0 amide bonds. The van der Waals surface area contributed by atoms with Crippen molar-refractivity contribution in [3.8, 4) is 0 Å². The van der Waals surface area contributed by atoms with Crippen LogP contribution in [-0.4, -0.2) is 81.1 Å². The monoisotopic (exact) mass is 1930 g/mol. The van der Waals surface area contributed by atoms with Crippen molar-refractivity contribution >= 4 is 198 Å². The Kier molecular flexibility index (Phi) is 40.9. The largest absolute Gasteiger partial charge is 0.389 e. The van der Waals surface area contributed by atoms with E-state index in [-0.39, 0.29) is 0 Å². The van der Waals surface area contributed by atoms with E-state index in [0.29, 0.717) is 0 Å². The standard InChI is InChI=1S/4C28H22P.C5H15NSi.C4H12OSi.C3H10Si.C2H8OSi/c4*1-4-15-24(16-5-1)29(25-17-6-2-7-18-25,26-19-8-3-9-20-26)28-22-12-14-23-13-10-11-21-27(23)28;1-2-6-4-3-5-7;1-5-3-2-4-6;1-2-3-4;1-3-2-4/h4*1-22H;6H,2-5H2,1,7H3;2-4H2,1,6H3;2-3H2,1,4H3;2H2,1,4H3/q4*+1;;;;. The molecule has 0 heterocycles. The van der Waals surface area contributed by atoms with Gasteiger partial charge < -0.3 is 14.8 Å². The van der Waals surface area contributed by atoms with Crippen LogP contribution in [-0.2, 0) is 9.47 Å². The highest BCUT2D eigenvalue weighted by Crippen LogP contribution is 2.59. The number of benzene rings is 20. The predicted octanol–water partition coefficient (Wildman–Crippen LogP) is 20.5. The third-order valence-electron chi connectivity index (χ3n) is 24.7. The summed E-state index contributed by atoms with van der Waals surface area (Å²) in [6, 6.07) is 199. The highest BCUT2D eigenvalue weighted by molar-refractivity contribution is 8.03. The maximum Gasteiger partial charge on any atom is 0.144 e. The molecular weight excluding hydrogens is 1800 g/mol. The molecule has 3 nitrogen and oxygen atoms in total. The van der Waals surface area contributed by atoms with Crippen LogP contribution in [0.3, 0.4) is 0 Å². The van der Waals surface area contributed by atoms with E-state index in [4.69, 9.17) is 4.74 Å². The van der Waals surface area contributed by atoms with Gasteiger partial charge in [-0.15, -0.1) is 0 Å². The fourth-order valence-corrected chi connectivity index (χ4v) is 36.5. The fourth-order valence-electron chi connectivity index (χ4n) is 18.0. The van der Waals surface area contributed by atoms with Crippen LogP contribution >= 0.6 is 29.0 Å². The second kappa shape index (κ2) is 54.7. The molecule has 0 aliphatic heterocycles. The lowest BCUT2D eigenvalue weighted by Gasteiger charge is -2.28. The van der Waals surface area contributed by atoms with E-state index in [1.54, 1.807) is 14.2 Å². The van der Waals surface area contributed by atoms with Crippen molar-refractivity contribution in [3.63, 3.8) is 0 Å². The van der Waals surface area contributed by atoms with Crippen LogP contribution in [0.25, 0.3) is 43.1 Å². The Morgan fingerprint density at radius 2 is 0.358 bits per heavy atom. The Hall–Kier alpha value is -12.1. The van der Waals surface area contributed by atoms with Gasteiger partial charge in [-0.2, -0.15) is 0 Å². The van der Waals surface area contributed by atoms with Gasteiger partial charge in [0.2, 0.25) is 0 Å². The first-order valence-corrected chi connectivity index (χ1v) is 61.4. The van der Waals surface area contributed by atoms with E-state index in [1.807, 2.05) is 0 Å². The van der Waals surface area contributed by atoms with Crippen molar-refractivity contribution in [2.24, 2.45) is 0 Å². The van der Waals surface area contributed by atoms with Crippen LogP contribution in [0.5, 0.6) is 0 Å². The number of nitrogens with one attached hydrogen (secondary N) is 1.